The number of amides is 1. The van der Waals surface area contributed by atoms with E-state index in [1.165, 1.54) is 23.3 Å². The Balaban J connectivity index is 0.737. The smallest absolute Gasteiger partial charge is 0.293 e. The molecule has 22 heteroatoms. The molecule has 2 saturated carbocycles. The van der Waals surface area contributed by atoms with Gasteiger partial charge in [0.1, 0.15) is 11.3 Å². The number of hydrogen-bond acceptors (Lipinski definition) is 18. The number of piperazine rings is 1. The molecule has 6 fully saturated rings. The van der Waals surface area contributed by atoms with Crippen LogP contribution in [0.2, 0.25) is 0 Å². The number of fused-ring (bicyclic) bond motifs is 4. The summed E-state index contributed by atoms with van der Waals surface area (Å²) in [6, 6.07) is 25.2. The lowest BCUT2D eigenvalue weighted by atomic mass is 9.59. The summed E-state index contributed by atoms with van der Waals surface area (Å²) in [5, 5.41) is 27.0. The second-order valence-electron chi connectivity index (χ2n) is 25.4. The zero-order valence-electron chi connectivity index (χ0n) is 49.6. The number of anilines is 6. The Morgan fingerprint density at radius 1 is 0.860 bits per heavy atom. The number of carbonyl (C=O) groups excluding carboxylic acids is 1. The second-order valence-corrected chi connectivity index (χ2v) is 27.0. The van der Waals surface area contributed by atoms with Crippen molar-refractivity contribution < 1.29 is 37.5 Å². The van der Waals surface area contributed by atoms with Crippen molar-refractivity contribution in [3.8, 4) is 5.75 Å². The molecule has 21 nitrogen and oxygen atoms in total. The number of rotatable bonds is 15. The Labute approximate surface area is 503 Å². The number of nitrogens with one attached hydrogen (secondary N) is 3. The number of nitrogens with zero attached hydrogens (tertiary/aromatic N) is 9. The van der Waals surface area contributed by atoms with E-state index in [0.29, 0.717) is 77.1 Å². The molecule has 0 unspecified atom stereocenters. The van der Waals surface area contributed by atoms with Crippen LogP contribution in [0.4, 0.5) is 40.1 Å². The summed E-state index contributed by atoms with van der Waals surface area (Å²) in [5.74, 6) is 1.77. The number of nitro benzene ring substituents is 1. The normalized spacial score (nSPS) is 24.0. The van der Waals surface area contributed by atoms with Gasteiger partial charge in [-0.05, 0) is 148 Å². The summed E-state index contributed by atoms with van der Waals surface area (Å²) in [4.78, 5) is 54.1. The number of ether oxygens (including phenoxy) is 3. The van der Waals surface area contributed by atoms with E-state index in [1.807, 2.05) is 37.5 Å². The molecular formula is C64H80N12O9S. The highest BCUT2D eigenvalue weighted by molar-refractivity contribution is 7.90. The molecule has 7 aliphatic rings. The topological polar surface area (TPSA) is 227 Å². The van der Waals surface area contributed by atoms with E-state index in [2.05, 4.69) is 87.7 Å². The van der Waals surface area contributed by atoms with Gasteiger partial charge in [-0.15, -0.1) is 0 Å². The van der Waals surface area contributed by atoms with Gasteiger partial charge >= 0.3 is 0 Å². The van der Waals surface area contributed by atoms with Crippen LogP contribution in [0.3, 0.4) is 0 Å². The van der Waals surface area contributed by atoms with E-state index in [0.717, 1.165) is 142 Å². The molecule has 1 amide bonds. The van der Waals surface area contributed by atoms with Gasteiger partial charge in [0.05, 0.1) is 71.9 Å². The maximum Gasteiger partial charge on any atom is 0.293 e. The van der Waals surface area contributed by atoms with Crippen molar-refractivity contribution in [2.45, 2.75) is 107 Å². The van der Waals surface area contributed by atoms with Crippen LogP contribution >= 0.6 is 0 Å². The maximum absolute atomic E-state index is 14.9. The number of benzene rings is 3. The zero-order chi connectivity index (χ0) is 59.3. The molecule has 0 radical (unpaired) electrons. The number of aromatic nitrogens is 3. The molecule has 6 aromatic rings. The van der Waals surface area contributed by atoms with Crippen LogP contribution in [-0.2, 0) is 26.0 Å². The van der Waals surface area contributed by atoms with Crippen LogP contribution in [-0.4, -0.2) is 166 Å². The van der Waals surface area contributed by atoms with Gasteiger partial charge < -0.3 is 49.2 Å². The molecule has 1 spiro atoms. The first kappa shape index (κ1) is 58.0. The fourth-order valence-corrected chi connectivity index (χ4v) is 15.8. The average molecular weight is 1190 g/mol. The Morgan fingerprint density at radius 3 is 2.43 bits per heavy atom. The number of H-pyrrole nitrogens is 1. The van der Waals surface area contributed by atoms with Crippen molar-refractivity contribution in [3.05, 3.63) is 124 Å². The summed E-state index contributed by atoms with van der Waals surface area (Å²) in [7, 11) is -2.90. The number of aromatic amines is 1. The third kappa shape index (κ3) is 11.8. The van der Waals surface area contributed by atoms with Crippen LogP contribution in [0.15, 0.2) is 96.2 Å². The fourth-order valence-electron chi connectivity index (χ4n) is 14.8. The predicted octanol–water partition coefficient (Wildman–Crippen LogP) is 8.55. The van der Waals surface area contributed by atoms with Crippen molar-refractivity contribution in [1.82, 2.24) is 29.5 Å². The first-order valence-corrected chi connectivity index (χ1v) is 32.3. The number of aryl methyl sites for hydroxylation is 1. The summed E-state index contributed by atoms with van der Waals surface area (Å²) in [6.45, 7) is 14.9. The van der Waals surface area contributed by atoms with Gasteiger partial charge in [-0.1, -0.05) is 24.3 Å². The van der Waals surface area contributed by atoms with Crippen LogP contribution in [0, 0.1) is 28.4 Å². The first-order chi connectivity index (χ1) is 41.6. The number of methoxy groups -OCH3 is 1. The number of carbonyl (C=O) groups is 1. The zero-order valence-corrected chi connectivity index (χ0v) is 50.4. The van der Waals surface area contributed by atoms with Gasteiger partial charge in [0, 0.05) is 114 Å². The van der Waals surface area contributed by atoms with Gasteiger partial charge in [0.25, 0.3) is 21.6 Å². The maximum atomic E-state index is 14.9. The largest absolute Gasteiger partial charge is 0.493 e. The lowest BCUT2D eigenvalue weighted by Gasteiger charge is -2.58. The molecule has 3 aromatic carbocycles. The van der Waals surface area contributed by atoms with Gasteiger partial charge in [-0.2, -0.15) is 0 Å². The first-order valence-electron chi connectivity index (χ1n) is 30.8. The van der Waals surface area contributed by atoms with E-state index in [-0.39, 0.29) is 34.7 Å². The van der Waals surface area contributed by atoms with E-state index in [9.17, 15) is 28.4 Å². The Bertz CT molecular complexity index is 3590. The Kier molecular flexibility index (Phi) is 16.1. The molecule has 0 bridgehead atoms. The van der Waals surface area contributed by atoms with Gasteiger partial charge in [0.15, 0.2) is 17.4 Å². The van der Waals surface area contributed by atoms with E-state index in [4.69, 9.17) is 24.2 Å². The molecule has 5 aliphatic heterocycles. The van der Waals surface area contributed by atoms with E-state index < -0.39 is 37.0 Å². The second kappa shape index (κ2) is 23.9. The SMILES string of the molecule is COc1cc(CN2CCN(C3CC4(CCN(c5ccc(C(=O)NS(=O)(=O)c6ccc(NC[C@H]7CC[C@](C)(O)CC7)c([N+](=O)[O-])c6)c(N6CC[C@H]7COCCN7c7nc8[nH]ccc8cc76)c5)CC4)C3)[C@H](c3ccccc3C)C2)cnc1N1CCOCC1. The summed E-state index contributed by atoms with van der Waals surface area (Å²) in [6.07, 6.45) is 11.7. The summed E-state index contributed by atoms with van der Waals surface area (Å²) < 4.78 is 48.5. The summed E-state index contributed by atoms with van der Waals surface area (Å²) in [5.41, 5.74) is 6.24. The number of nitro groups is 1. The quantitative estimate of drug-likeness (QED) is 0.0558. The molecule has 3 aromatic heterocycles. The molecule has 86 heavy (non-hydrogen) atoms. The highest BCUT2D eigenvalue weighted by atomic mass is 32.2. The van der Waals surface area contributed by atoms with Crippen LogP contribution in [0.5, 0.6) is 5.75 Å². The van der Waals surface area contributed by atoms with Crippen molar-refractivity contribution >= 4 is 67.0 Å². The number of aliphatic hydroxyl groups is 1. The van der Waals surface area contributed by atoms with E-state index in [1.54, 1.807) is 13.2 Å². The lowest BCUT2D eigenvalue weighted by Crippen LogP contribution is -2.59. The minimum atomic E-state index is -4.63. The standard InChI is InChI=1S/C64H80N12O9S/c1-43-6-4-5-7-51(43)57-41-70(40-45-32-58(83-3)61(67-39-45)72-26-29-84-30-27-72)24-25-73(57)49-36-64(37-49)18-22-71(23-19-64)47-8-10-52(54(34-47)75-21-15-48-42-85-31-28-74(48)60-56(75)33-46-14-20-65-59(46)68-60)62(77)69-86(81,82)50-9-11-53(55(35-50)76(79)80)66-38-44-12-16-63(2,78)17-13-44/h4-11,14,20,32-35,39,44,48-49,57,66,78H,12-13,15-19,21-31,36-38,40-42H2,1-3H3,(H,65,68)(H,69,77)/t44-,48-,57-,63-/m0/s1. The number of hydrogen-bond donors (Lipinski definition) is 4. The number of sulfonamides is 1. The third-order valence-electron chi connectivity index (χ3n) is 19.8. The third-order valence-corrected chi connectivity index (χ3v) is 21.2. The van der Waals surface area contributed by atoms with Crippen molar-refractivity contribution in [2.75, 3.05) is 124 Å². The van der Waals surface area contributed by atoms with Crippen LogP contribution < -0.4 is 34.4 Å². The highest BCUT2D eigenvalue weighted by Crippen LogP contribution is 2.54. The van der Waals surface area contributed by atoms with Gasteiger partial charge in [-0.25, -0.2) is 23.1 Å². The fraction of sp³-hybridized carbons (Fsp3) is 0.516. The minimum absolute atomic E-state index is 0.0205. The number of pyridine rings is 2. The molecule has 13 rings (SSSR count). The lowest BCUT2D eigenvalue weighted by molar-refractivity contribution is -0.384. The Hall–Kier alpha value is -7.08. The molecule has 8 heterocycles. The van der Waals surface area contributed by atoms with Crippen molar-refractivity contribution in [1.29, 1.82) is 0 Å². The summed E-state index contributed by atoms with van der Waals surface area (Å²) >= 11 is 0. The van der Waals surface area contributed by atoms with Crippen LogP contribution in [0.1, 0.15) is 97.8 Å². The molecule has 456 valence electrons. The van der Waals surface area contributed by atoms with Crippen molar-refractivity contribution in [2.24, 2.45) is 11.3 Å². The monoisotopic (exact) mass is 1190 g/mol. The highest BCUT2D eigenvalue weighted by Gasteiger charge is 2.50. The van der Waals surface area contributed by atoms with Gasteiger partial charge in [-0.3, -0.25) is 24.7 Å². The molecule has 2 aliphatic carbocycles. The Morgan fingerprint density at radius 2 is 1.65 bits per heavy atom. The molecule has 4 N–H and O–H groups in total. The molecular weight excluding hydrogens is 1110 g/mol. The van der Waals surface area contributed by atoms with Crippen molar-refractivity contribution in [3.63, 3.8) is 0 Å². The molecule has 4 saturated heterocycles. The van der Waals surface area contributed by atoms with Gasteiger partial charge in [0.2, 0.25) is 0 Å². The average Bonchev–Trinajstić information content (AvgIpc) is 1.56. The van der Waals surface area contributed by atoms with E-state index >= 15 is 0 Å². The molecule has 2 atom stereocenters. The number of morpholine rings is 2. The predicted molar refractivity (Wildman–Crippen MR) is 332 cm³/mol. The number of piperidine rings is 1. The van der Waals surface area contributed by atoms with Crippen LogP contribution in [0.25, 0.3) is 11.0 Å². The minimum Gasteiger partial charge on any atom is -0.493 e.